The number of benzene rings is 1. The first kappa shape index (κ1) is 15.3. The summed E-state index contributed by atoms with van der Waals surface area (Å²) in [7, 11) is 0. The van der Waals surface area contributed by atoms with Crippen LogP contribution in [-0.2, 0) is 9.59 Å². The summed E-state index contributed by atoms with van der Waals surface area (Å²) in [5.74, 6) is 0.264. The van der Waals surface area contributed by atoms with Crippen LogP contribution < -0.4 is 5.32 Å². The van der Waals surface area contributed by atoms with Crippen LogP contribution in [0.3, 0.4) is 0 Å². The maximum Gasteiger partial charge on any atom is 0.231 e. The Balaban J connectivity index is 1.96. The zero-order valence-electron chi connectivity index (χ0n) is 14.2. The highest BCUT2D eigenvalue weighted by Gasteiger charge is 2.72. The number of hydrogen-bond acceptors (Lipinski definition) is 2. The van der Waals surface area contributed by atoms with Gasteiger partial charge in [-0.2, -0.15) is 0 Å². The number of Topliss-reactive ketones (excluding diaryl/α,β-unsaturated/α-hetero) is 1. The van der Waals surface area contributed by atoms with Crippen LogP contribution in [0.4, 0.5) is 5.69 Å². The van der Waals surface area contributed by atoms with E-state index in [1.165, 1.54) is 0 Å². The number of nitrogens with one attached hydrogen (secondary N) is 1. The summed E-state index contributed by atoms with van der Waals surface area (Å²) in [5.41, 5.74) is 1.91. The van der Waals surface area contributed by atoms with Crippen LogP contribution in [0.25, 0.3) is 0 Å². The van der Waals surface area contributed by atoms with Crippen molar-refractivity contribution in [1.29, 1.82) is 0 Å². The Morgan fingerprint density at radius 2 is 1.82 bits per heavy atom. The van der Waals surface area contributed by atoms with Crippen molar-refractivity contribution < 1.29 is 9.59 Å². The van der Waals surface area contributed by atoms with Crippen LogP contribution in [0, 0.1) is 30.1 Å². The number of rotatable bonds is 2. The lowest BCUT2D eigenvalue weighted by molar-refractivity contribution is -0.131. The van der Waals surface area contributed by atoms with E-state index in [2.05, 4.69) is 19.2 Å². The van der Waals surface area contributed by atoms with Crippen molar-refractivity contribution in [2.45, 2.75) is 53.9 Å². The van der Waals surface area contributed by atoms with Gasteiger partial charge in [0.2, 0.25) is 5.91 Å². The Bertz CT molecular complexity index is 676. The quantitative estimate of drug-likeness (QED) is 0.896. The predicted molar refractivity (Wildman–Crippen MR) is 87.7 cm³/mol. The van der Waals surface area contributed by atoms with Crippen molar-refractivity contribution in [3.8, 4) is 0 Å². The lowest BCUT2D eigenvalue weighted by Crippen LogP contribution is -2.43. The van der Waals surface area contributed by atoms with E-state index in [1.54, 1.807) is 0 Å². The fourth-order valence-corrected chi connectivity index (χ4v) is 4.49. The van der Waals surface area contributed by atoms with E-state index in [0.29, 0.717) is 6.42 Å². The summed E-state index contributed by atoms with van der Waals surface area (Å²) in [4.78, 5) is 25.6. The van der Waals surface area contributed by atoms with Gasteiger partial charge in [0.1, 0.15) is 5.78 Å². The lowest BCUT2D eigenvalue weighted by Gasteiger charge is -2.38. The number of ketones is 1. The fourth-order valence-electron chi connectivity index (χ4n) is 4.49. The first-order valence-electron chi connectivity index (χ1n) is 8.07. The summed E-state index contributed by atoms with van der Waals surface area (Å²) >= 11 is 0. The van der Waals surface area contributed by atoms with E-state index in [9.17, 15) is 9.59 Å². The lowest BCUT2D eigenvalue weighted by atomic mass is 9.64. The average Bonchev–Trinajstić information content (AvgIpc) is 2.74. The van der Waals surface area contributed by atoms with Crippen LogP contribution >= 0.6 is 0 Å². The minimum Gasteiger partial charge on any atom is -0.325 e. The van der Waals surface area contributed by atoms with E-state index in [1.807, 2.05) is 39.0 Å². The van der Waals surface area contributed by atoms with Crippen molar-refractivity contribution >= 4 is 17.4 Å². The molecule has 118 valence electrons. The van der Waals surface area contributed by atoms with Crippen LogP contribution in [0.5, 0.6) is 0 Å². The monoisotopic (exact) mass is 299 g/mol. The highest BCUT2D eigenvalue weighted by atomic mass is 16.2. The molecule has 3 heteroatoms. The Kier molecular flexibility index (Phi) is 3.08. The molecular formula is C19H25NO2. The molecule has 0 radical (unpaired) electrons. The van der Waals surface area contributed by atoms with Gasteiger partial charge in [0.25, 0.3) is 0 Å². The molecule has 0 spiro atoms. The third kappa shape index (κ3) is 1.62. The summed E-state index contributed by atoms with van der Waals surface area (Å²) in [6.45, 7) is 10.3. The minimum atomic E-state index is -0.560. The number of hydrogen-bond donors (Lipinski definition) is 1. The molecule has 2 aliphatic rings. The Morgan fingerprint density at radius 3 is 2.36 bits per heavy atom. The van der Waals surface area contributed by atoms with Gasteiger partial charge >= 0.3 is 0 Å². The third-order valence-corrected chi connectivity index (χ3v) is 6.99. The maximum absolute atomic E-state index is 13.1. The summed E-state index contributed by atoms with van der Waals surface area (Å²) in [5, 5.41) is 3.11. The molecule has 2 saturated carbocycles. The first-order chi connectivity index (χ1) is 10.2. The number of amides is 1. The topological polar surface area (TPSA) is 46.2 Å². The second-order valence-corrected chi connectivity index (χ2v) is 7.84. The molecule has 1 N–H and O–H groups in total. The molecule has 1 aromatic carbocycles. The van der Waals surface area contributed by atoms with E-state index in [4.69, 9.17) is 0 Å². The normalized spacial score (nSPS) is 32.3. The van der Waals surface area contributed by atoms with Gasteiger partial charge in [0, 0.05) is 17.5 Å². The molecule has 2 fully saturated rings. The molecular weight excluding hydrogens is 274 g/mol. The molecule has 2 aliphatic carbocycles. The summed E-state index contributed by atoms with van der Waals surface area (Å²) in [6.07, 6.45) is 2.01. The van der Waals surface area contributed by atoms with Crippen LogP contribution in [0.15, 0.2) is 18.2 Å². The number of fused-ring (bicyclic) bond motifs is 2. The minimum absolute atomic E-state index is 0.0146. The number of carbonyl (C=O) groups excluding carboxylic acids is 2. The first-order valence-corrected chi connectivity index (χ1v) is 8.07. The zero-order chi connectivity index (χ0) is 16.3. The average molecular weight is 299 g/mol. The zero-order valence-corrected chi connectivity index (χ0v) is 14.2. The smallest absolute Gasteiger partial charge is 0.231 e. The molecule has 22 heavy (non-hydrogen) atoms. The molecule has 2 atom stereocenters. The predicted octanol–water partition coefficient (Wildman–Crippen LogP) is 4.03. The molecule has 0 saturated heterocycles. The van der Waals surface area contributed by atoms with Crippen molar-refractivity contribution in [3.63, 3.8) is 0 Å². The van der Waals surface area contributed by atoms with Crippen molar-refractivity contribution in [2.24, 2.45) is 16.2 Å². The van der Waals surface area contributed by atoms with Gasteiger partial charge in [-0.3, -0.25) is 9.59 Å². The van der Waals surface area contributed by atoms with Crippen LogP contribution in [-0.4, -0.2) is 11.7 Å². The Hall–Kier alpha value is -1.64. The second-order valence-electron chi connectivity index (χ2n) is 7.84. The maximum atomic E-state index is 13.1. The number of carbonyl (C=O) groups is 2. The SMILES string of the molecule is Cc1cccc(NC(=O)[C@]23CC[C@@](C)(C(=O)C2)C3(C)C)c1C. The summed E-state index contributed by atoms with van der Waals surface area (Å²) in [6, 6.07) is 5.94. The van der Waals surface area contributed by atoms with Crippen molar-refractivity contribution in [3.05, 3.63) is 29.3 Å². The van der Waals surface area contributed by atoms with E-state index < -0.39 is 5.41 Å². The van der Waals surface area contributed by atoms with Crippen LogP contribution in [0.2, 0.25) is 0 Å². The molecule has 1 amide bonds. The molecule has 3 nitrogen and oxygen atoms in total. The van der Waals surface area contributed by atoms with E-state index in [0.717, 1.165) is 29.7 Å². The standard InChI is InChI=1S/C19H25NO2/c1-12-7-6-8-14(13(12)2)20-16(22)19-10-9-18(5,15(21)11-19)17(19,3)4/h6-8H,9-11H2,1-5H3,(H,20,22)/t18-,19-/m0/s1. The second kappa shape index (κ2) is 4.43. The summed E-state index contributed by atoms with van der Waals surface area (Å²) < 4.78 is 0. The molecule has 0 aliphatic heterocycles. The van der Waals surface area contributed by atoms with Crippen molar-refractivity contribution in [2.75, 3.05) is 5.32 Å². The van der Waals surface area contributed by atoms with E-state index in [-0.39, 0.29) is 22.5 Å². The Labute approximate surface area is 132 Å². The number of anilines is 1. The van der Waals surface area contributed by atoms with Gasteiger partial charge in [0.05, 0.1) is 5.41 Å². The number of aryl methyl sites for hydroxylation is 1. The Morgan fingerprint density at radius 1 is 1.14 bits per heavy atom. The van der Waals surface area contributed by atoms with Gasteiger partial charge < -0.3 is 5.32 Å². The van der Waals surface area contributed by atoms with Crippen LogP contribution in [0.1, 0.15) is 51.2 Å². The van der Waals surface area contributed by atoms with Gasteiger partial charge in [0.15, 0.2) is 0 Å². The van der Waals surface area contributed by atoms with Gasteiger partial charge in [-0.05, 0) is 49.3 Å². The molecule has 0 unspecified atom stereocenters. The van der Waals surface area contributed by atoms with E-state index >= 15 is 0 Å². The molecule has 1 aromatic rings. The highest BCUT2D eigenvalue weighted by molar-refractivity contribution is 6.04. The largest absolute Gasteiger partial charge is 0.325 e. The van der Waals surface area contributed by atoms with Gasteiger partial charge in [-0.15, -0.1) is 0 Å². The van der Waals surface area contributed by atoms with Gasteiger partial charge in [-0.25, -0.2) is 0 Å². The molecule has 2 bridgehead atoms. The van der Waals surface area contributed by atoms with Crippen molar-refractivity contribution in [1.82, 2.24) is 0 Å². The fraction of sp³-hybridized carbons (Fsp3) is 0.579. The molecule has 3 rings (SSSR count). The highest BCUT2D eigenvalue weighted by Crippen LogP contribution is 2.70. The molecule has 0 heterocycles. The molecule has 0 aromatic heterocycles. The van der Waals surface area contributed by atoms with Gasteiger partial charge in [-0.1, -0.05) is 32.9 Å². The third-order valence-electron chi connectivity index (χ3n) is 6.99.